The van der Waals surface area contributed by atoms with Crippen LogP contribution in [0.4, 0.5) is 0 Å². The molecule has 0 saturated heterocycles. The van der Waals surface area contributed by atoms with E-state index in [4.69, 9.17) is 11.6 Å². The van der Waals surface area contributed by atoms with Crippen molar-refractivity contribution in [1.29, 1.82) is 0 Å². The van der Waals surface area contributed by atoms with Crippen molar-refractivity contribution in [3.63, 3.8) is 0 Å². The maximum Gasteiger partial charge on any atom is 0.251 e. The van der Waals surface area contributed by atoms with Crippen LogP contribution in [-0.2, 0) is 13.1 Å². The molecule has 1 amide bonds. The highest BCUT2D eigenvalue weighted by molar-refractivity contribution is 6.30. The van der Waals surface area contributed by atoms with Crippen LogP contribution in [0.2, 0.25) is 5.02 Å². The zero-order chi connectivity index (χ0) is 16.1. The lowest BCUT2D eigenvalue weighted by molar-refractivity contribution is 0.0951. The molecule has 0 atom stereocenters. The van der Waals surface area contributed by atoms with Gasteiger partial charge in [0.25, 0.3) is 5.91 Å². The number of nitrogens with zero attached hydrogens (tertiary/aromatic N) is 3. The number of hydrogen-bond donors (Lipinski definition) is 1. The first-order chi connectivity index (χ1) is 11.2. The second kappa shape index (κ2) is 7.07. The molecule has 0 bridgehead atoms. The fourth-order valence-electron chi connectivity index (χ4n) is 2.28. The first-order valence-electron chi connectivity index (χ1n) is 7.15. The third-order valence-electron chi connectivity index (χ3n) is 3.44. The quantitative estimate of drug-likeness (QED) is 0.784. The fraction of sp³-hybridized carbons (Fsp3) is 0.118. The summed E-state index contributed by atoms with van der Waals surface area (Å²) < 4.78 is 1.75. The third kappa shape index (κ3) is 3.96. The van der Waals surface area contributed by atoms with E-state index in [1.54, 1.807) is 35.3 Å². The molecule has 1 heterocycles. The number of amides is 1. The summed E-state index contributed by atoms with van der Waals surface area (Å²) in [6.45, 7) is 1.05. The largest absolute Gasteiger partial charge is 0.348 e. The van der Waals surface area contributed by atoms with Crippen molar-refractivity contribution in [3.05, 3.63) is 82.9 Å². The molecule has 116 valence electrons. The van der Waals surface area contributed by atoms with E-state index in [9.17, 15) is 4.79 Å². The molecule has 1 N–H and O–H groups in total. The topological polar surface area (TPSA) is 59.8 Å². The van der Waals surface area contributed by atoms with Gasteiger partial charge in [-0.1, -0.05) is 41.9 Å². The minimum Gasteiger partial charge on any atom is -0.348 e. The van der Waals surface area contributed by atoms with Gasteiger partial charge >= 0.3 is 0 Å². The van der Waals surface area contributed by atoms with E-state index in [2.05, 4.69) is 15.4 Å². The van der Waals surface area contributed by atoms with Gasteiger partial charge in [0, 0.05) is 17.1 Å². The molecular weight excluding hydrogens is 312 g/mol. The molecular formula is C17H15ClN4O. The number of aromatic nitrogens is 3. The van der Waals surface area contributed by atoms with Crippen LogP contribution in [0.5, 0.6) is 0 Å². The summed E-state index contributed by atoms with van der Waals surface area (Å²) in [4.78, 5) is 16.1. The summed E-state index contributed by atoms with van der Waals surface area (Å²) in [5.74, 6) is -0.150. The van der Waals surface area contributed by atoms with Gasteiger partial charge in [0.15, 0.2) is 0 Å². The van der Waals surface area contributed by atoms with Crippen LogP contribution in [0.1, 0.15) is 21.5 Å². The molecule has 3 aromatic rings. The molecule has 1 aromatic heterocycles. The average Bonchev–Trinajstić information content (AvgIpc) is 3.07. The van der Waals surface area contributed by atoms with Crippen LogP contribution >= 0.6 is 11.6 Å². The van der Waals surface area contributed by atoms with Gasteiger partial charge in [-0.2, -0.15) is 5.10 Å². The zero-order valence-electron chi connectivity index (χ0n) is 12.3. The molecule has 0 fully saturated rings. The SMILES string of the molecule is O=C(NCc1ccccc1Cn1cncn1)c1cccc(Cl)c1. The Morgan fingerprint density at radius 2 is 1.96 bits per heavy atom. The number of carbonyl (C=O) groups is 1. The molecule has 0 aliphatic rings. The summed E-state index contributed by atoms with van der Waals surface area (Å²) >= 11 is 5.92. The van der Waals surface area contributed by atoms with Crippen LogP contribution in [-0.4, -0.2) is 20.7 Å². The Morgan fingerprint density at radius 3 is 2.70 bits per heavy atom. The predicted octanol–water partition coefficient (Wildman–Crippen LogP) is 2.91. The third-order valence-corrected chi connectivity index (χ3v) is 3.68. The summed E-state index contributed by atoms with van der Waals surface area (Å²) in [5, 5.41) is 7.57. The lowest BCUT2D eigenvalue weighted by Crippen LogP contribution is -2.23. The lowest BCUT2D eigenvalue weighted by atomic mass is 10.1. The summed E-state index contributed by atoms with van der Waals surface area (Å²) in [6, 6.07) is 14.8. The van der Waals surface area contributed by atoms with Crippen molar-refractivity contribution in [3.8, 4) is 0 Å². The highest BCUT2D eigenvalue weighted by atomic mass is 35.5. The van der Waals surface area contributed by atoms with E-state index in [0.29, 0.717) is 23.7 Å². The van der Waals surface area contributed by atoms with Crippen LogP contribution < -0.4 is 5.32 Å². The number of carbonyl (C=O) groups excluding carboxylic acids is 1. The van der Waals surface area contributed by atoms with Crippen LogP contribution in [0.25, 0.3) is 0 Å². The van der Waals surface area contributed by atoms with E-state index in [-0.39, 0.29) is 5.91 Å². The van der Waals surface area contributed by atoms with Gasteiger partial charge < -0.3 is 5.32 Å². The van der Waals surface area contributed by atoms with E-state index in [1.807, 2.05) is 24.3 Å². The lowest BCUT2D eigenvalue weighted by Gasteiger charge is -2.11. The molecule has 6 heteroatoms. The number of benzene rings is 2. The van der Waals surface area contributed by atoms with Gasteiger partial charge in [-0.3, -0.25) is 4.79 Å². The van der Waals surface area contributed by atoms with Crippen molar-refractivity contribution >= 4 is 17.5 Å². The summed E-state index contributed by atoms with van der Waals surface area (Å²) in [7, 11) is 0. The molecule has 0 saturated carbocycles. The molecule has 0 aliphatic carbocycles. The van der Waals surface area contributed by atoms with Gasteiger partial charge in [-0.25, -0.2) is 9.67 Å². The second-order valence-electron chi connectivity index (χ2n) is 5.05. The Hall–Kier alpha value is -2.66. The first kappa shape index (κ1) is 15.2. The Kier molecular flexibility index (Phi) is 4.68. The fourth-order valence-corrected chi connectivity index (χ4v) is 2.47. The Labute approximate surface area is 138 Å². The molecule has 0 spiro atoms. The monoisotopic (exact) mass is 326 g/mol. The Bertz CT molecular complexity index is 802. The Morgan fingerprint density at radius 1 is 1.13 bits per heavy atom. The minimum absolute atomic E-state index is 0.150. The van der Waals surface area contributed by atoms with Gasteiger partial charge in [0.05, 0.1) is 6.54 Å². The van der Waals surface area contributed by atoms with Crippen LogP contribution in [0, 0.1) is 0 Å². The van der Waals surface area contributed by atoms with Crippen molar-refractivity contribution in [2.24, 2.45) is 0 Å². The van der Waals surface area contributed by atoms with Crippen molar-refractivity contribution in [2.75, 3.05) is 0 Å². The average molecular weight is 327 g/mol. The van der Waals surface area contributed by atoms with Crippen LogP contribution in [0.15, 0.2) is 61.2 Å². The van der Waals surface area contributed by atoms with Crippen molar-refractivity contribution in [1.82, 2.24) is 20.1 Å². The molecule has 0 unspecified atom stereocenters. The van der Waals surface area contributed by atoms with E-state index >= 15 is 0 Å². The highest BCUT2D eigenvalue weighted by Crippen LogP contribution is 2.12. The minimum atomic E-state index is -0.150. The molecule has 2 aromatic carbocycles. The maximum atomic E-state index is 12.2. The first-order valence-corrected chi connectivity index (χ1v) is 7.53. The van der Waals surface area contributed by atoms with Crippen molar-refractivity contribution in [2.45, 2.75) is 13.1 Å². The van der Waals surface area contributed by atoms with Gasteiger partial charge in [-0.15, -0.1) is 0 Å². The molecule has 0 aliphatic heterocycles. The standard InChI is InChI=1S/C17H15ClN4O/c18-16-7-3-6-13(8-16)17(23)20-9-14-4-1-2-5-15(14)10-22-12-19-11-21-22/h1-8,11-12H,9-10H2,(H,20,23). The van der Waals surface area contributed by atoms with Gasteiger partial charge in [0.1, 0.15) is 12.7 Å². The van der Waals surface area contributed by atoms with E-state index < -0.39 is 0 Å². The molecule has 3 rings (SSSR count). The van der Waals surface area contributed by atoms with E-state index in [1.165, 1.54) is 6.33 Å². The maximum absolute atomic E-state index is 12.2. The van der Waals surface area contributed by atoms with Gasteiger partial charge in [-0.05, 0) is 29.3 Å². The van der Waals surface area contributed by atoms with Crippen LogP contribution in [0.3, 0.4) is 0 Å². The van der Waals surface area contributed by atoms with Crippen molar-refractivity contribution < 1.29 is 4.79 Å². The highest BCUT2D eigenvalue weighted by Gasteiger charge is 2.08. The summed E-state index contributed by atoms with van der Waals surface area (Å²) in [5.41, 5.74) is 2.68. The smallest absolute Gasteiger partial charge is 0.251 e. The predicted molar refractivity (Wildman–Crippen MR) is 88.2 cm³/mol. The molecule has 5 nitrogen and oxygen atoms in total. The zero-order valence-corrected chi connectivity index (χ0v) is 13.1. The number of hydrogen-bond acceptors (Lipinski definition) is 3. The number of rotatable bonds is 5. The van der Waals surface area contributed by atoms with E-state index in [0.717, 1.165) is 11.1 Å². The molecule has 23 heavy (non-hydrogen) atoms. The number of halogens is 1. The summed E-state index contributed by atoms with van der Waals surface area (Å²) in [6.07, 6.45) is 3.17. The normalized spacial score (nSPS) is 10.5. The molecule has 0 radical (unpaired) electrons. The van der Waals surface area contributed by atoms with Gasteiger partial charge in [0.2, 0.25) is 0 Å². The number of nitrogens with one attached hydrogen (secondary N) is 1. The Balaban J connectivity index is 1.69. The second-order valence-corrected chi connectivity index (χ2v) is 5.49.